The van der Waals surface area contributed by atoms with Crippen LogP contribution in [0.15, 0.2) is 71.5 Å². The highest BCUT2D eigenvalue weighted by Gasteiger charge is 2.29. The summed E-state index contributed by atoms with van der Waals surface area (Å²) in [4.78, 5) is 18.6. The Morgan fingerprint density at radius 1 is 1.03 bits per heavy atom. The molecule has 4 aromatic rings. The maximum atomic E-state index is 14.9. The molecule has 7 nitrogen and oxygen atoms in total. The summed E-state index contributed by atoms with van der Waals surface area (Å²) in [6.45, 7) is 2.32. The number of carbonyl (C=O) groups excluding carboxylic acids is 1. The summed E-state index contributed by atoms with van der Waals surface area (Å²) in [5.74, 6) is -0.492. The minimum Gasteiger partial charge on any atom is -0.336 e. The van der Waals surface area contributed by atoms with E-state index < -0.39 is 5.82 Å². The van der Waals surface area contributed by atoms with E-state index in [2.05, 4.69) is 10.1 Å². The monoisotopic (exact) mass is 445 g/mol. The van der Waals surface area contributed by atoms with Crippen molar-refractivity contribution in [3.8, 4) is 22.4 Å². The summed E-state index contributed by atoms with van der Waals surface area (Å²) in [6.07, 6.45) is 3.45. The van der Waals surface area contributed by atoms with Crippen molar-refractivity contribution in [1.29, 1.82) is 0 Å². The van der Waals surface area contributed by atoms with Gasteiger partial charge in [-0.25, -0.2) is 9.29 Å². The Morgan fingerprint density at radius 3 is 2.45 bits per heavy atom. The maximum absolute atomic E-state index is 14.9. The van der Waals surface area contributed by atoms with Crippen LogP contribution in [-0.2, 0) is 17.9 Å². The molecule has 0 aliphatic heterocycles. The fraction of sp³-hybridized carbons (Fsp3) is 0.160. The number of hydrogen-bond donors (Lipinski definition) is 2. The van der Waals surface area contributed by atoms with Crippen molar-refractivity contribution in [1.82, 2.24) is 10.1 Å². The molecule has 2 aromatic heterocycles. The number of aromatic nitrogens is 2. The first-order chi connectivity index (χ1) is 16.1. The van der Waals surface area contributed by atoms with E-state index in [1.807, 2.05) is 18.2 Å². The molecule has 0 aliphatic rings. The predicted octanol–water partition coefficient (Wildman–Crippen LogP) is 4.53. The van der Waals surface area contributed by atoms with Crippen molar-refractivity contribution >= 4 is 17.5 Å². The second kappa shape index (κ2) is 9.72. The summed E-state index contributed by atoms with van der Waals surface area (Å²) >= 11 is 0. The van der Waals surface area contributed by atoms with E-state index >= 15 is 0 Å². The van der Waals surface area contributed by atoms with Gasteiger partial charge in [0, 0.05) is 37.5 Å². The molecule has 2 aromatic carbocycles. The third kappa shape index (κ3) is 4.39. The van der Waals surface area contributed by atoms with Crippen molar-refractivity contribution < 1.29 is 13.7 Å². The molecular weight excluding hydrogens is 421 g/mol. The molecule has 168 valence electrons. The summed E-state index contributed by atoms with van der Waals surface area (Å²) in [5.41, 5.74) is 15.4. The van der Waals surface area contributed by atoms with E-state index in [0.717, 1.165) is 11.1 Å². The van der Waals surface area contributed by atoms with Gasteiger partial charge in [-0.15, -0.1) is 0 Å². The van der Waals surface area contributed by atoms with Crippen molar-refractivity contribution in [3.05, 3.63) is 83.9 Å². The topological polar surface area (TPSA) is 111 Å². The first kappa shape index (κ1) is 22.3. The molecule has 0 bridgehead atoms. The van der Waals surface area contributed by atoms with Gasteiger partial charge in [-0.05, 0) is 53.1 Å². The highest BCUT2D eigenvalue weighted by molar-refractivity contribution is 6.04. The van der Waals surface area contributed by atoms with E-state index in [1.165, 1.54) is 11.0 Å². The van der Waals surface area contributed by atoms with Gasteiger partial charge in [0.05, 0.1) is 11.3 Å². The van der Waals surface area contributed by atoms with Crippen LogP contribution < -0.4 is 16.4 Å². The molecule has 0 atom stereocenters. The largest absolute Gasteiger partial charge is 0.336 e. The molecule has 1 amide bonds. The van der Waals surface area contributed by atoms with Crippen molar-refractivity contribution in [2.24, 2.45) is 11.5 Å². The third-order valence-electron chi connectivity index (χ3n) is 5.32. The number of carbonyl (C=O) groups is 1. The van der Waals surface area contributed by atoms with Gasteiger partial charge in [-0.3, -0.25) is 9.78 Å². The standard InChI is InChI=1S/C25H24FN5O2/c1-2-22(32)31(19-5-3-4-16(12-19)14-27)25-23(18-8-10-29-11-9-18)24(30-33-25)20-13-17(15-28)6-7-21(20)26/h3-13H,2,14-15,27-28H2,1H3. The Labute approximate surface area is 190 Å². The smallest absolute Gasteiger partial charge is 0.247 e. The fourth-order valence-corrected chi connectivity index (χ4v) is 3.63. The summed E-state index contributed by atoms with van der Waals surface area (Å²) in [6, 6.07) is 15.4. The Bertz CT molecular complexity index is 1270. The van der Waals surface area contributed by atoms with Gasteiger partial charge in [0.1, 0.15) is 11.5 Å². The summed E-state index contributed by atoms with van der Waals surface area (Å²) in [5, 5.41) is 4.21. The first-order valence-electron chi connectivity index (χ1n) is 10.6. The zero-order valence-electron chi connectivity index (χ0n) is 18.2. The number of amides is 1. The number of rotatable bonds is 7. The number of benzene rings is 2. The van der Waals surface area contributed by atoms with Gasteiger partial charge < -0.3 is 16.0 Å². The van der Waals surface area contributed by atoms with Crippen LogP contribution in [0.2, 0.25) is 0 Å². The molecule has 4 N–H and O–H groups in total. The molecule has 0 saturated carbocycles. The van der Waals surface area contributed by atoms with Gasteiger partial charge in [0.15, 0.2) is 0 Å². The lowest BCUT2D eigenvalue weighted by molar-refractivity contribution is -0.117. The number of halogens is 1. The third-order valence-corrected chi connectivity index (χ3v) is 5.32. The van der Waals surface area contributed by atoms with E-state index in [9.17, 15) is 9.18 Å². The van der Waals surface area contributed by atoms with E-state index in [4.69, 9.17) is 16.0 Å². The van der Waals surface area contributed by atoms with Crippen LogP contribution in [0.5, 0.6) is 0 Å². The fourth-order valence-electron chi connectivity index (χ4n) is 3.63. The average molecular weight is 445 g/mol. The zero-order chi connectivity index (χ0) is 23.4. The Kier molecular flexibility index (Phi) is 6.58. The number of pyridine rings is 1. The predicted molar refractivity (Wildman–Crippen MR) is 125 cm³/mol. The van der Waals surface area contributed by atoms with Gasteiger partial charge in [0.25, 0.3) is 0 Å². The molecule has 33 heavy (non-hydrogen) atoms. The van der Waals surface area contributed by atoms with Gasteiger partial charge in [-0.2, -0.15) is 0 Å². The Hall–Kier alpha value is -3.88. The quantitative estimate of drug-likeness (QED) is 0.432. The van der Waals surface area contributed by atoms with E-state index in [0.29, 0.717) is 23.4 Å². The second-order valence-electron chi connectivity index (χ2n) is 7.42. The normalized spacial score (nSPS) is 10.9. The van der Waals surface area contributed by atoms with Crippen LogP contribution in [0.4, 0.5) is 16.0 Å². The molecule has 0 fully saturated rings. The maximum Gasteiger partial charge on any atom is 0.247 e. The summed E-state index contributed by atoms with van der Waals surface area (Å²) < 4.78 is 20.7. The molecule has 0 unspecified atom stereocenters. The highest BCUT2D eigenvalue weighted by Crippen LogP contribution is 2.43. The van der Waals surface area contributed by atoms with Gasteiger partial charge >= 0.3 is 0 Å². The molecule has 0 radical (unpaired) electrons. The minimum absolute atomic E-state index is 0.190. The second-order valence-corrected chi connectivity index (χ2v) is 7.42. The molecule has 2 heterocycles. The van der Waals surface area contributed by atoms with E-state index in [1.54, 1.807) is 49.6 Å². The molecule has 0 spiro atoms. The van der Waals surface area contributed by atoms with Crippen molar-refractivity contribution in [2.75, 3.05) is 4.90 Å². The number of hydrogen-bond acceptors (Lipinski definition) is 6. The van der Waals surface area contributed by atoms with E-state index in [-0.39, 0.29) is 36.0 Å². The molecule has 4 rings (SSSR count). The van der Waals surface area contributed by atoms with Crippen LogP contribution in [0.25, 0.3) is 22.4 Å². The average Bonchev–Trinajstić information content (AvgIpc) is 3.29. The van der Waals surface area contributed by atoms with Gasteiger partial charge in [-0.1, -0.05) is 30.3 Å². The lowest BCUT2D eigenvalue weighted by atomic mass is 9.99. The number of nitrogens with zero attached hydrogens (tertiary/aromatic N) is 3. The molecule has 0 aliphatic carbocycles. The molecule has 0 saturated heterocycles. The van der Waals surface area contributed by atoms with Crippen LogP contribution >= 0.6 is 0 Å². The summed E-state index contributed by atoms with van der Waals surface area (Å²) in [7, 11) is 0. The minimum atomic E-state index is -0.471. The van der Waals surface area contributed by atoms with Crippen LogP contribution in [0.1, 0.15) is 24.5 Å². The zero-order valence-corrected chi connectivity index (χ0v) is 18.2. The van der Waals surface area contributed by atoms with Gasteiger partial charge in [0.2, 0.25) is 11.8 Å². The molecule has 8 heteroatoms. The lowest BCUT2D eigenvalue weighted by Gasteiger charge is -2.21. The number of anilines is 2. The van der Waals surface area contributed by atoms with Crippen LogP contribution in [0.3, 0.4) is 0 Å². The van der Waals surface area contributed by atoms with Crippen LogP contribution in [0, 0.1) is 5.82 Å². The van der Waals surface area contributed by atoms with Crippen molar-refractivity contribution in [3.63, 3.8) is 0 Å². The first-order valence-corrected chi connectivity index (χ1v) is 10.6. The Balaban J connectivity index is 1.99. The molecular formula is C25H24FN5O2. The highest BCUT2D eigenvalue weighted by atomic mass is 19.1. The SMILES string of the molecule is CCC(=O)N(c1cccc(CN)c1)c1onc(-c2cc(CN)ccc2F)c1-c1ccncc1. The van der Waals surface area contributed by atoms with Crippen molar-refractivity contribution in [2.45, 2.75) is 26.4 Å². The number of nitrogens with two attached hydrogens (primary N) is 2. The Morgan fingerprint density at radius 2 is 1.76 bits per heavy atom. The lowest BCUT2D eigenvalue weighted by Crippen LogP contribution is -2.25. The van der Waals surface area contributed by atoms with Crippen LogP contribution in [-0.4, -0.2) is 16.0 Å².